The normalized spacial score (nSPS) is 17.9. The maximum Gasteiger partial charge on any atom is 0.242 e. The first-order valence-corrected chi connectivity index (χ1v) is 8.20. The molecule has 1 aromatic rings. The molecular formula is C18H28N2O. The third-order valence-corrected chi connectivity index (χ3v) is 4.35. The van der Waals surface area contributed by atoms with Gasteiger partial charge in [0.2, 0.25) is 5.91 Å². The Kier molecular flexibility index (Phi) is 5.66. The molecule has 0 bridgehead atoms. The fourth-order valence-electron chi connectivity index (χ4n) is 3.02. The minimum Gasteiger partial charge on any atom is -0.374 e. The first-order valence-electron chi connectivity index (χ1n) is 8.20. The SMILES string of the molecule is Cc1ccc(NC(C)C(=O)NC2CCCCCC2)c(C)c1. The zero-order valence-electron chi connectivity index (χ0n) is 13.5. The second kappa shape index (κ2) is 7.48. The molecule has 3 heteroatoms. The van der Waals surface area contributed by atoms with E-state index in [9.17, 15) is 4.79 Å². The molecule has 21 heavy (non-hydrogen) atoms. The van der Waals surface area contributed by atoms with Gasteiger partial charge in [0, 0.05) is 11.7 Å². The molecule has 1 atom stereocenters. The van der Waals surface area contributed by atoms with E-state index in [1.807, 2.05) is 6.92 Å². The van der Waals surface area contributed by atoms with Gasteiger partial charge in [0.1, 0.15) is 6.04 Å². The average Bonchev–Trinajstić information content (AvgIpc) is 2.70. The van der Waals surface area contributed by atoms with Gasteiger partial charge >= 0.3 is 0 Å². The maximum atomic E-state index is 12.3. The molecule has 2 N–H and O–H groups in total. The monoisotopic (exact) mass is 288 g/mol. The summed E-state index contributed by atoms with van der Waals surface area (Å²) >= 11 is 0. The number of hydrogen-bond acceptors (Lipinski definition) is 2. The number of carbonyl (C=O) groups excluding carboxylic acids is 1. The van der Waals surface area contributed by atoms with Crippen LogP contribution in [0.2, 0.25) is 0 Å². The van der Waals surface area contributed by atoms with Gasteiger partial charge in [0.05, 0.1) is 0 Å². The Morgan fingerprint density at radius 2 is 1.81 bits per heavy atom. The lowest BCUT2D eigenvalue weighted by Gasteiger charge is -2.21. The Bertz CT molecular complexity index is 476. The van der Waals surface area contributed by atoms with Crippen LogP contribution < -0.4 is 10.6 Å². The number of carbonyl (C=O) groups is 1. The zero-order valence-corrected chi connectivity index (χ0v) is 13.5. The predicted octanol–water partition coefficient (Wildman–Crippen LogP) is 3.94. The number of rotatable bonds is 4. The Balaban J connectivity index is 1.89. The third kappa shape index (κ3) is 4.76. The van der Waals surface area contributed by atoms with Crippen LogP contribution in [0.15, 0.2) is 18.2 Å². The smallest absolute Gasteiger partial charge is 0.242 e. The highest BCUT2D eigenvalue weighted by Crippen LogP contribution is 2.19. The second-order valence-electron chi connectivity index (χ2n) is 6.38. The van der Waals surface area contributed by atoms with Crippen LogP contribution in [0.4, 0.5) is 5.69 Å². The van der Waals surface area contributed by atoms with Crippen molar-refractivity contribution in [1.29, 1.82) is 0 Å². The Morgan fingerprint density at radius 3 is 2.43 bits per heavy atom. The van der Waals surface area contributed by atoms with Crippen LogP contribution in [0, 0.1) is 13.8 Å². The van der Waals surface area contributed by atoms with Crippen LogP contribution in [-0.4, -0.2) is 18.0 Å². The van der Waals surface area contributed by atoms with E-state index < -0.39 is 0 Å². The van der Waals surface area contributed by atoms with Gasteiger partial charge in [-0.25, -0.2) is 0 Å². The molecule has 3 nitrogen and oxygen atoms in total. The number of anilines is 1. The molecule has 1 amide bonds. The standard InChI is InChI=1S/C18H28N2O/c1-13-10-11-17(14(2)12-13)19-15(3)18(21)20-16-8-6-4-5-7-9-16/h10-12,15-16,19H,4-9H2,1-3H3,(H,20,21). The van der Waals surface area contributed by atoms with Crippen LogP contribution in [0.5, 0.6) is 0 Å². The highest BCUT2D eigenvalue weighted by Gasteiger charge is 2.19. The number of benzene rings is 1. The highest BCUT2D eigenvalue weighted by molar-refractivity contribution is 5.84. The summed E-state index contributed by atoms with van der Waals surface area (Å²) in [6.07, 6.45) is 7.35. The van der Waals surface area contributed by atoms with Crippen molar-refractivity contribution in [2.75, 3.05) is 5.32 Å². The topological polar surface area (TPSA) is 41.1 Å². The molecule has 1 fully saturated rings. The first kappa shape index (κ1) is 15.9. The van der Waals surface area contributed by atoms with Gasteiger partial charge in [-0.3, -0.25) is 4.79 Å². The van der Waals surface area contributed by atoms with E-state index >= 15 is 0 Å². The van der Waals surface area contributed by atoms with Gasteiger partial charge in [-0.2, -0.15) is 0 Å². The molecule has 0 saturated heterocycles. The van der Waals surface area contributed by atoms with E-state index in [4.69, 9.17) is 0 Å². The molecule has 1 saturated carbocycles. The van der Waals surface area contributed by atoms with E-state index in [-0.39, 0.29) is 11.9 Å². The highest BCUT2D eigenvalue weighted by atomic mass is 16.2. The number of hydrogen-bond donors (Lipinski definition) is 2. The van der Waals surface area contributed by atoms with Crippen molar-refractivity contribution in [3.63, 3.8) is 0 Å². The van der Waals surface area contributed by atoms with Crippen LogP contribution in [-0.2, 0) is 4.79 Å². The lowest BCUT2D eigenvalue weighted by atomic mass is 10.1. The van der Waals surface area contributed by atoms with E-state index in [2.05, 4.69) is 42.7 Å². The first-order chi connectivity index (χ1) is 10.1. The predicted molar refractivity (Wildman–Crippen MR) is 88.6 cm³/mol. The molecular weight excluding hydrogens is 260 g/mol. The fraction of sp³-hybridized carbons (Fsp3) is 0.611. The lowest BCUT2D eigenvalue weighted by molar-refractivity contribution is -0.122. The van der Waals surface area contributed by atoms with Gasteiger partial charge in [0.15, 0.2) is 0 Å². The van der Waals surface area contributed by atoms with Crippen molar-refractivity contribution >= 4 is 11.6 Å². The molecule has 0 radical (unpaired) electrons. The van der Waals surface area contributed by atoms with Crippen molar-refractivity contribution in [2.45, 2.75) is 71.4 Å². The van der Waals surface area contributed by atoms with Crippen LogP contribution in [0.25, 0.3) is 0 Å². The molecule has 0 aliphatic heterocycles. The van der Waals surface area contributed by atoms with Gasteiger partial charge in [-0.1, -0.05) is 43.4 Å². The summed E-state index contributed by atoms with van der Waals surface area (Å²) in [5.41, 5.74) is 3.47. The molecule has 0 aromatic heterocycles. The molecule has 0 heterocycles. The quantitative estimate of drug-likeness (QED) is 0.824. The number of nitrogens with one attached hydrogen (secondary N) is 2. The van der Waals surface area contributed by atoms with Gasteiger partial charge in [0.25, 0.3) is 0 Å². The summed E-state index contributed by atoms with van der Waals surface area (Å²) in [7, 11) is 0. The van der Waals surface area contributed by atoms with Crippen molar-refractivity contribution in [3.8, 4) is 0 Å². The molecule has 1 unspecified atom stereocenters. The summed E-state index contributed by atoms with van der Waals surface area (Å²) in [4.78, 5) is 12.3. The minimum atomic E-state index is -0.199. The Morgan fingerprint density at radius 1 is 1.14 bits per heavy atom. The van der Waals surface area contributed by atoms with Crippen molar-refractivity contribution in [1.82, 2.24) is 5.32 Å². The van der Waals surface area contributed by atoms with Gasteiger partial charge < -0.3 is 10.6 Å². The van der Waals surface area contributed by atoms with Crippen molar-refractivity contribution < 1.29 is 4.79 Å². The zero-order chi connectivity index (χ0) is 15.2. The number of aryl methyl sites for hydroxylation is 2. The summed E-state index contributed by atoms with van der Waals surface area (Å²) in [6, 6.07) is 6.43. The lowest BCUT2D eigenvalue weighted by Crippen LogP contribution is -2.43. The summed E-state index contributed by atoms with van der Waals surface area (Å²) in [5.74, 6) is 0.113. The van der Waals surface area contributed by atoms with Crippen LogP contribution in [0.3, 0.4) is 0 Å². The summed E-state index contributed by atoms with van der Waals surface area (Å²) in [5, 5.41) is 6.54. The summed E-state index contributed by atoms with van der Waals surface area (Å²) in [6.45, 7) is 6.09. The van der Waals surface area contributed by atoms with E-state index in [1.165, 1.54) is 36.8 Å². The van der Waals surface area contributed by atoms with E-state index in [0.717, 1.165) is 18.5 Å². The van der Waals surface area contributed by atoms with Gasteiger partial charge in [-0.15, -0.1) is 0 Å². The molecule has 1 aliphatic carbocycles. The molecule has 1 aromatic carbocycles. The Hall–Kier alpha value is -1.51. The minimum absolute atomic E-state index is 0.113. The third-order valence-electron chi connectivity index (χ3n) is 4.35. The molecule has 0 spiro atoms. The molecule has 116 valence electrons. The van der Waals surface area contributed by atoms with Crippen molar-refractivity contribution in [3.05, 3.63) is 29.3 Å². The van der Waals surface area contributed by atoms with Crippen LogP contribution in [0.1, 0.15) is 56.6 Å². The fourth-order valence-corrected chi connectivity index (χ4v) is 3.02. The van der Waals surface area contributed by atoms with Gasteiger partial charge in [-0.05, 0) is 45.2 Å². The molecule has 2 rings (SSSR count). The second-order valence-corrected chi connectivity index (χ2v) is 6.38. The average molecular weight is 288 g/mol. The van der Waals surface area contributed by atoms with Crippen LogP contribution >= 0.6 is 0 Å². The van der Waals surface area contributed by atoms with E-state index in [0.29, 0.717) is 6.04 Å². The maximum absolute atomic E-state index is 12.3. The van der Waals surface area contributed by atoms with Crippen molar-refractivity contribution in [2.24, 2.45) is 0 Å². The summed E-state index contributed by atoms with van der Waals surface area (Å²) < 4.78 is 0. The van der Waals surface area contributed by atoms with E-state index in [1.54, 1.807) is 0 Å². The molecule has 1 aliphatic rings. The largest absolute Gasteiger partial charge is 0.374 e. The number of amides is 1. The Labute approximate surface area is 128 Å².